The molecule has 0 radical (unpaired) electrons. The first-order valence-electron chi connectivity index (χ1n) is 8.05. The van der Waals surface area contributed by atoms with Gasteiger partial charge in [-0.15, -0.1) is 0 Å². The Labute approximate surface area is 108 Å². The van der Waals surface area contributed by atoms with Crippen LogP contribution in [0.4, 0.5) is 0 Å². The van der Waals surface area contributed by atoms with E-state index < -0.39 is 0 Å². The Morgan fingerprint density at radius 2 is 1.71 bits per heavy atom. The molecule has 4 saturated carbocycles. The van der Waals surface area contributed by atoms with Gasteiger partial charge in [0.2, 0.25) is 0 Å². The van der Waals surface area contributed by atoms with E-state index in [2.05, 4.69) is 27.7 Å². The Morgan fingerprint density at radius 1 is 1.12 bits per heavy atom. The van der Waals surface area contributed by atoms with Crippen molar-refractivity contribution in [3.8, 4) is 0 Å². The molecular formula is C17H30. The average molecular weight is 234 g/mol. The van der Waals surface area contributed by atoms with Gasteiger partial charge < -0.3 is 0 Å². The quantitative estimate of drug-likeness (QED) is 0.587. The molecule has 4 aliphatic rings. The van der Waals surface area contributed by atoms with Crippen LogP contribution in [0.2, 0.25) is 0 Å². The number of hydrogen-bond donors (Lipinski definition) is 0. The molecule has 4 rings (SSSR count). The second-order valence-electron chi connectivity index (χ2n) is 7.84. The average Bonchev–Trinajstić information content (AvgIpc) is 2.77. The van der Waals surface area contributed by atoms with Crippen LogP contribution >= 0.6 is 0 Å². The van der Waals surface area contributed by atoms with Crippen LogP contribution in [-0.4, -0.2) is 0 Å². The summed E-state index contributed by atoms with van der Waals surface area (Å²) in [5.74, 6) is 4.32. The van der Waals surface area contributed by atoms with Gasteiger partial charge in [0, 0.05) is 0 Å². The van der Waals surface area contributed by atoms with Crippen molar-refractivity contribution >= 4 is 0 Å². The lowest BCUT2D eigenvalue weighted by Crippen LogP contribution is -2.64. The molecule has 3 unspecified atom stereocenters. The van der Waals surface area contributed by atoms with Gasteiger partial charge in [0.15, 0.2) is 0 Å². The minimum atomic E-state index is 0.773. The minimum Gasteiger partial charge on any atom is -0.0651 e. The smallest absolute Gasteiger partial charge is 0.0256 e. The maximum absolute atomic E-state index is 2.58. The van der Waals surface area contributed by atoms with Crippen molar-refractivity contribution in [2.45, 2.75) is 72.6 Å². The summed E-state index contributed by atoms with van der Waals surface area (Å²) in [7, 11) is 0. The molecule has 0 aromatic heterocycles. The third-order valence-corrected chi connectivity index (χ3v) is 7.10. The third-order valence-electron chi connectivity index (χ3n) is 7.10. The van der Waals surface area contributed by atoms with Crippen LogP contribution in [-0.2, 0) is 0 Å². The molecule has 0 amide bonds. The third kappa shape index (κ3) is 1.55. The Kier molecular flexibility index (Phi) is 2.66. The summed E-state index contributed by atoms with van der Waals surface area (Å²) >= 11 is 0. The van der Waals surface area contributed by atoms with Crippen LogP contribution in [0.15, 0.2) is 0 Å². The molecule has 0 aliphatic heterocycles. The largest absolute Gasteiger partial charge is 0.0651 e. The van der Waals surface area contributed by atoms with Crippen molar-refractivity contribution in [1.29, 1.82) is 0 Å². The normalized spacial score (nSPS) is 51.0. The SMILES string of the molecule is CCC(CC)CCC12CC(C1)C2C1(C)CC1C. The molecule has 4 fully saturated rings. The highest BCUT2D eigenvalue weighted by molar-refractivity contribution is 5.22. The molecule has 0 spiro atoms. The second-order valence-corrected chi connectivity index (χ2v) is 7.84. The molecule has 0 saturated heterocycles. The fraction of sp³-hybridized carbons (Fsp3) is 1.00. The highest BCUT2D eigenvalue weighted by atomic mass is 14.8. The zero-order valence-electron chi connectivity index (χ0n) is 12.3. The first-order chi connectivity index (χ1) is 8.05. The zero-order valence-corrected chi connectivity index (χ0v) is 12.3. The van der Waals surface area contributed by atoms with E-state index in [1.165, 1.54) is 25.7 Å². The summed E-state index contributed by atoms with van der Waals surface area (Å²) in [6.45, 7) is 9.81. The second kappa shape index (κ2) is 3.75. The Hall–Kier alpha value is 0. The lowest BCUT2D eigenvalue weighted by molar-refractivity contribution is -0.228. The first kappa shape index (κ1) is 12.1. The molecule has 0 heteroatoms. The van der Waals surface area contributed by atoms with E-state index in [0.717, 1.165) is 34.5 Å². The summed E-state index contributed by atoms with van der Waals surface area (Å²) in [6.07, 6.45) is 10.6. The van der Waals surface area contributed by atoms with Crippen molar-refractivity contribution in [3.63, 3.8) is 0 Å². The van der Waals surface area contributed by atoms with Crippen molar-refractivity contribution in [2.24, 2.45) is 34.5 Å². The van der Waals surface area contributed by atoms with Crippen LogP contribution in [0.25, 0.3) is 0 Å². The van der Waals surface area contributed by atoms with Gasteiger partial charge in [0.1, 0.15) is 0 Å². The summed E-state index contributed by atoms with van der Waals surface area (Å²) in [5.41, 5.74) is 1.61. The molecule has 0 N–H and O–H groups in total. The van der Waals surface area contributed by atoms with Gasteiger partial charge in [-0.25, -0.2) is 0 Å². The molecule has 0 nitrogen and oxygen atoms in total. The van der Waals surface area contributed by atoms with Crippen LogP contribution in [0.1, 0.15) is 72.6 Å². The first-order valence-corrected chi connectivity index (χ1v) is 8.05. The summed E-state index contributed by atoms with van der Waals surface area (Å²) in [5, 5.41) is 0. The number of hydrogen-bond acceptors (Lipinski definition) is 0. The highest BCUT2D eigenvalue weighted by Gasteiger charge is 2.73. The molecule has 4 aliphatic carbocycles. The summed E-state index contributed by atoms with van der Waals surface area (Å²) in [4.78, 5) is 0. The molecule has 2 bridgehead atoms. The maximum Gasteiger partial charge on any atom is -0.0256 e. The van der Waals surface area contributed by atoms with Gasteiger partial charge in [-0.1, -0.05) is 40.5 Å². The van der Waals surface area contributed by atoms with Gasteiger partial charge in [-0.2, -0.15) is 0 Å². The topological polar surface area (TPSA) is 0 Å². The van der Waals surface area contributed by atoms with Gasteiger partial charge in [-0.3, -0.25) is 0 Å². The van der Waals surface area contributed by atoms with Crippen LogP contribution in [0.5, 0.6) is 0 Å². The van der Waals surface area contributed by atoms with Crippen molar-refractivity contribution < 1.29 is 0 Å². The Balaban J connectivity index is 1.57. The molecule has 17 heavy (non-hydrogen) atoms. The predicted molar refractivity (Wildman–Crippen MR) is 73.8 cm³/mol. The van der Waals surface area contributed by atoms with E-state index in [0.29, 0.717) is 0 Å². The fourth-order valence-electron chi connectivity index (χ4n) is 5.47. The lowest BCUT2D eigenvalue weighted by atomic mass is 9.33. The summed E-state index contributed by atoms with van der Waals surface area (Å²) < 4.78 is 0. The minimum absolute atomic E-state index is 0.773. The monoisotopic (exact) mass is 234 g/mol. The highest BCUT2D eigenvalue weighted by Crippen LogP contribution is 2.81. The van der Waals surface area contributed by atoms with Crippen molar-refractivity contribution in [3.05, 3.63) is 0 Å². The van der Waals surface area contributed by atoms with Gasteiger partial charge >= 0.3 is 0 Å². The Bertz CT molecular complexity index is 295. The van der Waals surface area contributed by atoms with Gasteiger partial charge in [0.05, 0.1) is 0 Å². The molecule has 3 atom stereocenters. The van der Waals surface area contributed by atoms with Crippen LogP contribution in [0, 0.1) is 34.5 Å². The van der Waals surface area contributed by atoms with Gasteiger partial charge in [0.25, 0.3) is 0 Å². The molecular weight excluding hydrogens is 204 g/mol. The van der Waals surface area contributed by atoms with E-state index in [1.807, 2.05) is 0 Å². The van der Waals surface area contributed by atoms with Gasteiger partial charge in [-0.05, 0) is 66.6 Å². The molecule has 0 heterocycles. The van der Waals surface area contributed by atoms with E-state index in [1.54, 1.807) is 19.3 Å². The standard InChI is InChI=1S/C17H30/c1-5-13(6-2)7-8-17-10-14(11-17)15(17)16(4)9-12(16)3/h12-15H,5-11H2,1-4H3. The fourth-order valence-corrected chi connectivity index (χ4v) is 5.47. The maximum atomic E-state index is 2.58. The summed E-state index contributed by atoms with van der Waals surface area (Å²) in [6, 6.07) is 0. The molecule has 98 valence electrons. The van der Waals surface area contributed by atoms with Crippen LogP contribution in [0.3, 0.4) is 0 Å². The van der Waals surface area contributed by atoms with Crippen LogP contribution < -0.4 is 0 Å². The zero-order chi connectivity index (χ0) is 12.3. The van der Waals surface area contributed by atoms with Crippen molar-refractivity contribution in [1.82, 2.24) is 0 Å². The van der Waals surface area contributed by atoms with E-state index in [-0.39, 0.29) is 0 Å². The number of rotatable bonds is 6. The predicted octanol–water partition coefficient (Wildman–Crippen LogP) is 5.28. The molecule has 0 aromatic rings. The van der Waals surface area contributed by atoms with E-state index in [4.69, 9.17) is 0 Å². The van der Waals surface area contributed by atoms with E-state index in [9.17, 15) is 0 Å². The lowest BCUT2D eigenvalue weighted by Gasteiger charge is -2.72. The van der Waals surface area contributed by atoms with E-state index >= 15 is 0 Å². The Morgan fingerprint density at radius 3 is 2.06 bits per heavy atom. The van der Waals surface area contributed by atoms with Crippen molar-refractivity contribution in [2.75, 3.05) is 0 Å². The molecule has 0 aromatic carbocycles.